The van der Waals surface area contributed by atoms with Crippen molar-refractivity contribution in [2.45, 2.75) is 25.8 Å². The van der Waals surface area contributed by atoms with E-state index in [9.17, 15) is 4.39 Å². The van der Waals surface area contributed by atoms with E-state index in [0.717, 1.165) is 23.4 Å². The van der Waals surface area contributed by atoms with E-state index in [1.807, 2.05) is 23.9 Å². The van der Waals surface area contributed by atoms with Gasteiger partial charge in [-0.1, -0.05) is 13.0 Å². The third-order valence-corrected chi connectivity index (χ3v) is 3.58. The molecule has 0 saturated carbocycles. The third-order valence-electron chi connectivity index (χ3n) is 3.58. The summed E-state index contributed by atoms with van der Waals surface area (Å²) in [5.74, 6) is 5.46. The van der Waals surface area contributed by atoms with Crippen LogP contribution in [0.25, 0.3) is 0 Å². The van der Waals surface area contributed by atoms with E-state index < -0.39 is 5.82 Å². The van der Waals surface area contributed by atoms with Gasteiger partial charge in [0.05, 0.1) is 18.8 Å². The number of hydrazine groups is 1. The lowest BCUT2D eigenvalue weighted by Gasteiger charge is -2.17. The molecule has 1 aromatic carbocycles. The first-order chi connectivity index (χ1) is 10.1. The number of methoxy groups -OCH3 is 1. The molecule has 0 radical (unpaired) electrons. The maximum Gasteiger partial charge on any atom is 0.165 e. The van der Waals surface area contributed by atoms with Crippen molar-refractivity contribution >= 4 is 0 Å². The molecule has 0 aliphatic heterocycles. The molecule has 0 bridgehead atoms. The van der Waals surface area contributed by atoms with Crippen LogP contribution in [-0.2, 0) is 19.9 Å². The Hall–Kier alpha value is -1.92. The quantitative estimate of drug-likeness (QED) is 0.630. The lowest BCUT2D eigenvalue weighted by Crippen LogP contribution is -2.30. The molecule has 0 saturated heterocycles. The first-order valence-corrected chi connectivity index (χ1v) is 6.90. The van der Waals surface area contributed by atoms with Gasteiger partial charge in [-0.05, 0) is 30.2 Å². The molecule has 1 aromatic heterocycles. The number of hydrogen-bond donors (Lipinski definition) is 2. The summed E-state index contributed by atoms with van der Waals surface area (Å²) >= 11 is 0. The van der Waals surface area contributed by atoms with Crippen LogP contribution < -0.4 is 16.0 Å². The molecule has 3 N–H and O–H groups in total. The van der Waals surface area contributed by atoms with E-state index in [1.54, 1.807) is 6.07 Å². The molecule has 1 atom stereocenters. The van der Waals surface area contributed by atoms with Crippen LogP contribution in [0, 0.1) is 5.82 Å². The molecule has 6 heteroatoms. The number of ether oxygens (including phenoxy) is 1. The summed E-state index contributed by atoms with van der Waals surface area (Å²) in [5, 5.41) is 4.41. The average molecular weight is 292 g/mol. The second-order valence-electron chi connectivity index (χ2n) is 4.92. The Morgan fingerprint density at radius 2 is 2.19 bits per heavy atom. The van der Waals surface area contributed by atoms with Gasteiger partial charge >= 0.3 is 0 Å². The van der Waals surface area contributed by atoms with Crippen molar-refractivity contribution < 1.29 is 9.13 Å². The number of halogens is 1. The maximum atomic E-state index is 13.8. The molecule has 0 aliphatic rings. The average Bonchev–Trinajstić information content (AvgIpc) is 2.85. The molecule has 114 valence electrons. The van der Waals surface area contributed by atoms with Crippen LogP contribution in [-0.4, -0.2) is 16.9 Å². The van der Waals surface area contributed by atoms with Gasteiger partial charge in [-0.2, -0.15) is 5.10 Å². The van der Waals surface area contributed by atoms with Gasteiger partial charge in [-0.15, -0.1) is 0 Å². The van der Waals surface area contributed by atoms with E-state index in [0.29, 0.717) is 6.42 Å². The summed E-state index contributed by atoms with van der Waals surface area (Å²) in [6, 6.07) is 6.72. The minimum absolute atomic E-state index is 0.189. The van der Waals surface area contributed by atoms with E-state index in [2.05, 4.69) is 17.4 Å². The Bertz CT molecular complexity index is 612. The van der Waals surface area contributed by atoms with Crippen LogP contribution in [0.5, 0.6) is 5.75 Å². The number of nitrogens with two attached hydrogens (primary N) is 1. The largest absolute Gasteiger partial charge is 0.494 e. The SMILES string of the molecule is CCc1cc(CC(NN)c2ccc(OC)c(F)c2)n(C)n1. The van der Waals surface area contributed by atoms with Gasteiger partial charge in [0, 0.05) is 19.2 Å². The predicted molar refractivity (Wildman–Crippen MR) is 79.3 cm³/mol. The number of nitrogens with zero attached hydrogens (tertiary/aromatic N) is 2. The summed E-state index contributed by atoms with van der Waals surface area (Å²) in [4.78, 5) is 0. The minimum Gasteiger partial charge on any atom is -0.494 e. The number of aryl methyl sites for hydroxylation is 2. The topological polar surface area (TPSA) is 65.1 Å². The molecule has 0 aliphatic carbocycles. The highest BCUT2D eigenvalue weighted by molar-refractivity contribution is 5.31. The summed E-state index contributed by atoms with van der Waals surface area (Å²) in [6.07, 6.45) is 1.51. The summed E-state index contributed by atoms with van der Waals surface area (Å²) in [7, 11) is 3.34. The van der Waals surface area contributed by atoms with Crippen molar-refractivity contribution in [2.75, 3.05) is 7.11 Å². The van der Waals surface area contributed by atoms with Gasteiger partial charge in [0.15, 0.2) is 11.6 Å². The van der Waals surface area contributed by atoms with Gasteiger partial charge in [0.1, 0.15) is 0 Å². The number of benzene rings is 1. The summed E-state index contributed by atoms with van der Waals surface area (Å²) in [6.45, 7) is 2.06. The Morgan fingerprint density at radius 3 is 2.71 bits per heavy atom. The zero-order valence-corrected chi connectivity index (χ0v) is 12.6. The number of nitrogens with one attached hydrogen (secondary N) is 1. The van der Waals surface area contributed by atoms with Crippen LogP contribution >= 0.6 is 0 Å². The van der Waals surface area contributed by atoms with E-state index >= 15 is 0 Å². The second kappa shape index (κ2) is 6.69. The third kappa shape index (κ3) is 3.40. The fourth-order valence-electron chi connectivity index (χ4n) is 2.32. The van der Waals surface area contributed by atoms with Crippen molar-refractivity contribution in [3.8, 4) is 5.75 Å². The smallest absolute Gasteiger partial charge is 0.165 e. The first kappa shape index (κ1) is 15.5. The highest BCUT2D eigenvalue weighted by Crippen LogP contribution is 2.24. The van der Waals surface area contributed by atoms with Gasteiger partial charge < -0.3 is 4.74 Å². The molecule has 2 rings (SSSR count). The van der Waals surface area contributed by atoms with Gasteiger partial charge in [0.2, 0.25) is 0 Å². The minimum atomic E-state index is -0.394. The molecule has 5 nitrogen and oxygen atoms in total. The molecular weight excluding hydrogens is 271 g/mol. The van der Waals surface area contributed by atoms with E-state index in [1.165, 1.54) is 13.2 Å². The number of aromatic nitrogens is 2. The van der Waals surface area contributed by atoms with E-state index in [4.69, 9.17) is 10.6 Å². The van der Waals surface area contributed by atoms with Crippen molar-refractivity contribution in [1.29, 1.82) is 0 Å². The molecule has 0 fully saturated rings. The zero-order valence-electron chi connectivity index (χ0n) is 12.6. The lowest BCUT2D eigenvalue weighted by molar-refractivity contribution is 0.385. The van der Waals surface area contributed by atoms with Crippen LogP contribution in [0.4, 0.5) is 4.39 Å². The lowest BCUT2D eigenvalue weighted by atomic mass is 10.0. The fraction of sp³-hybridized carbons (Fsp3) is 0.400. The standard InChI is InChI=1S/C15H21FN4O/c1-4-11-8-12(20(2)19-11)9-14(18-17)10-5-6-15(21-3)13(16)7-10/h5-8,14,18H,4,9,17H2,1-3H3. The summed E-state index contributed by atoms with van der Waals surface area (Å²) < 4.78 is 20.6. The van der Waals surface area contributed by atoms with Crippen molar-refractivity contribution in [3.05, 3.63) is 47.0 Å². The van der Waals surface area contributed by atoms with Crippen molar-refractivity contribution in [1.82, 2.24) is 15.2 Å². The van der Waals surface area contributed by atoms with Gasteiger partial charge in [0.25, 0.3) is 0 Å². The number of hydrogen-bond acceptors (Lipinski definition) is 4. The van der Waals surface area contributed by atoms with Crippen LogP contribution in [0.1, 0.15) is 29.9 Å². The Morgan fingerprint density at radius 1 is 1.43 bits per heavy atom. The van der Waals surface area contributed by atoms with E-state index in [-0.39, 0.29) is 11.8 Å². The van der Waals surface area contributed by atoms with Crippen LogP contribution in [0.15, 0.2) is 24.3 Å². The second-order valence-corrected chi connectivity index (χ2v) is 4.92. The van der Waals surface area contributed by atoms with Crippen LogP contribution in [0.2, 0.25) is 0 Å². The zero-order chi connectivity index (χ0) is 15.4. The van der Waals surface area contributed by atoms with Gasteiger partial charge in [-0.3, -0.25) is 16.0 Å². The highest BCUT2D eigenvalue weighted by atomic mass is 19.1. The molecule has 1 unspecified atom stereocenters. The molecule has 21 heavy (non-hydrogen) atoms. The molecule has 1 heterocycles. The monoisotopic (exact) mass is 292 g/mol. The number of rotatable bonds is 6. The van der Waals surface area contributed by atoms with Crippen molar-refractivity contribution in [2.24, 2.45) is 12.9 Å². The Balaban J connectivity index is 2.23. The van der Waals surface area contributed by atoms with Gasteiger partial charge in [-0.25, -0.2) is 4.39 Å². The fourth-order valence-corrected chi connectivity index (χ4v) is 2.32. The van der Waals surface area contributed by atoms with Crippen LogP contribution in [0.3, 0.4) is 0 Å². The molecule has 0 spiro atoms. The highest BCUT2D eigenvalue weighted by Gasteiger charge is 2.16. The maximum absolute atomic E-state index is 13.8. The normalized spacial score (nSPS) is 12.4. The Kier molecular flexibility index (Phi) is 4.93. The molecule has 0 amide bonds. The molecule has 2 aromatic rings. The first-order valence-electron chi connectivity index (χ1n) is 6.90. The summed E-state index contributed by atoms with van der Waals surface area (Å²) in [5.41, 5.74) is 5.59. The predicted octanol–water partition coefficient (Wildman–Crippen LogP) is 1.88. The Labute approximate surface area is 123 Å². The molecular formula is C15H21FN4O. The van der Waals surface area contributed by atoms with Crippen molar-refractivity contribution in [3.63, 3.8) is 0 Å².